The Kier molecular flexibility index (Phi) is 9.30. The number of primary amides is 1. The van der Waals surface area contributed by atoms with Gasteiger partial charge in [0.05, 0.1) is 0 Å². The monoisotopic (exact) mass is 245 g/mol. The zero-order chi connectivity index (χ0) is 13.6. The van der Waals surface area contributed by atoms with Crippen LogP contribution in [0.3, 0.4) is 0 Å². The molecule has 18 heavy (non-hydrogen) atoms. The smallest absolute Gasteiger partial charge is 0.290 e. The summed E-state index contributed by atoms with van der Waals surface area (Å²) < 4.78 is 0. The topological polar surface area (TPSA) is 80.4 Å². The van der Waals surface area contributed by atoms with Crippen LogP contribution < -0.4 is 5.73 Å². The van der Waals surface area contributed by atoms with E-state index in [0.29, 0.717) is 5.56 Å². The number of carboxylic acid groups (broad SMARTS) is 1. The maximum Gasteiger partial charge on any atom is 0.290 e. The van der Waals surface area contributed by atoms with Crippen LogP contribution in [-0.4, -0.2) is 17.5 Å². The summed E-state index contributed by atoms with van der Waals surface area (Å²) in [7, 11) is 0. The average Bonchev–Trinajstić information content (AvgIpc) is 2.43. The third-order valence-electron chi connectivity index (χ3n) is 1.72. The third-order valence-corrected chi connectivity index (χ3v) is 1.72. The van der Waals surface area contributed by atoms with E-state index in [0.717, 1.165) is 0 Å². The molecular formula is C14H15NO3. The van der Waals surface area contributed by atoms with E-state index in [1.807, 2.05) is 42.5 Å². The molecular weight excluding hydrogens is 230 g/mol. The molecule has 0 spiro atoms. The lowest BCUT2D eigenvalue weighted by molar-refractivity contribution is -0.122. The fraction of sp³-hybridized carbons (Fsp3) is 0. The standard InChI is InChI=1S/C7H7NO.C6H6.CH2O2/c8-7(9)6-4-2-1-3-5-6;1-2-4-6-5-3-1;2-1-3/h1-5H,(H2,8,9);1-6H;1H,(H,2,3). The van der Waals surface area contributed by atoms with Crippen LogP contribution in [0, 0.1) is 0 Å². The minimum atomic E-state index is -0.379. The summed E-state index contributed by atoms with van der Waals surface area (Å²) in [5.41, 5.74) is 5.53. The van der Waals surface area contributed by atoms with Crippen molar-refractivity contribution in [3.63, 3.8) is 0 Å². The van der Waals surface area contributed by atoms with E-state index >= 15 is 0 Å². The Morgan fingerprint density at radius 3 is 1.39 bits per heavy atom. The molecule has 0 fully saturated rings. The number of rotatable bonds is 1. The summed E-state index contributed by atoms with van der Waals surface area (Å²) >= 11 is 0. The molecule has 4 nitrogen and oxygen atoms in total. The molecule has 0 aliphatic rings. The van der Waals surface area contributed by atoms with Gasteiger partial charge in [-0.1, -0.05) is 54.6 Å². The summed E-state index contributed by atoms with van der Waals surface area (Å²) in [6, 6.07) is 20.8. The van der Waals surface area contributed by atoms with Gasteiger partial charge in [-0.2, -0.15) is 0 Å². The van der Waals surface area contributed by atoms with Crippen molar-refractivity contribution in [2.75, 3.05) is 0 Å². The molecule has 2 aromatic carbocycles. The van der Waals surface area contributed by atoms with Gasteiger partial charge in [0, 0.05) is 5.56 Å². The molecule has 0 heterocycles. The van der Waals surface area contributed by atoms with E-state index in [1.54, 1.807) is 24.3 Å². The van der Waals surface area contributed by atoms with Gasteiger partial charge in [0.1, 0.15) is 0 Å². The Hall–Kier alpha value is -2.62. The molecule has 4 heteroatoms. The van der Waals surface area contributed by atoms with E-state index < -0.39 is 0 Å². The largest absolute Gasteiger partial charge is 0.483 e. The predicted molar refractivity (Wildman–Crippen MR) is 70.1 cm³/mol. The van der Waals surface area contributed by atoms with Gasteiger partial charge in [0.25, 0.3) is 6.47 Å². The van der Waals surface area contributed by atoms with E-state index in [1.165, 1.54) is 0 Å². The lowest BCUT2D eigenvalue weighted by atomic mass is 10.2. The van der Waals surface area contributed by atoms with Gasteiger partial charge in [0.15, 0.2) is 0 Å². The first-order valence-electron chi connectivity index (χ1n) is 5.15. The number of nitrogens with two attached hydrogens (primary N) is 1. The maximum atomic E-state index is 10.4. The van der Waals surface area contributed by atoms with E-state index in [2.05, 4.69) is 0 Å². The van der Waals surface area contributed by atoms with Crippen molar-refractivity contribution in [2.24, 2.45) is 5.73 Å². The second-order valence-electron chi connectivity index (χ2n) is 2.99. The SMILES string of the molecule is NC(=O)c1ccccc1.O=CO.c1ccccc1. The molecule has 0 unspecified atom stereocenters. The van der Waals surface area contributed by atoms with Gasteiger partial charge in [0.2, 0.25) is 5.91 Å². The summed E-state index contributed by atoms with van der Waals surface area (Å²) in [4.78, 5) is 18.8. The minimum absolute atomic E-state index is 0.250. The molecule has 0 bridgehead atoms. The first-order chi connectivity index (χ1) is 8.72. The van der Waals surface area contributed by atoms with Gasteiger partial charge >= 0.3 is 0 Å². The number of amides is 1. The molecule has 3 N–H and O–H groups in total. The second-order valence-corrected chi connectivity index (χ2v) is 2.99. The maximum absolute atomic E-state index is 10.4. The number of carbonyl (C=O) groups is 2. The highest BCUT2D eigenvalue weighted by atomic mass is 16.3. The Morgan fingerprint density at radius 2 is 1.17 bits per heavy atom. The molecule has 0 saturated carbocycles. The van der Waals surface area contributed by atoms with Crippen LogP contribution in [0.4, 0.5) is 0 Å². The molecule has 2 rings (SSSR count). The Bertz CT molecular complexity index is 403. The number of benzene rings is 2. The zero-order valence-electron chi connectivity index (χ0n) is 9.77. The molecule has 0 atom stereocenters. The molecule has 0 aliphatic heterocycles. The van der Waals surface area contributed by atoms with E-state index in [4.69, 9.17) is 15.6 Å². The van der Waals surface area contributed by atoms with E-state index in [-0.39, 0.29) is 12.4 Å². The first kappa shape index (κ1) is 15.4. The lowest BCUT2D eigenvalue weighted by Gasteiger charge is -1.89. The fourth-order valence-corrected chi connectivity index (χ4v) is 0.987. The molecule has 2 aromatic rings. The van der Waals surface area contributed by atoms with Crippen molar-refractivity contribution in [2.45, 2.75) is 0 Å². The highest BCUT2D eigenvalue weighted by Crippen LogP contribution is 1.94. The molecule has 0 aliphatic carbocycles. The molecule has 94 valence electrons. The van der Waals surface area contributed by atoms with Gasteiger partial charge in [-0.15, -0.1) is 0 Å². The van der Waals surface area contributed by atoms with Crippen molar-refractivity contribution in [1.82, 2.24) is 0 Å². The van der Waals surface area contributed by atoms with Gasteiger partial charge in [-0.05, 0) is 12.1 Å². The Labute approximate surface area is 106 Å². The van der Waals surface area contributed by atoms with Crippen LogP contribution >= 0.6 is 0 Å². The molecule has 1 amide bonds. The number of hydrogen-bond acceptors (Lipinski definition) is 2. The van der Waals surface area contributed by atoms with Crippen molar-refractivity contribution in [3.8, 4) is 0 Å². The summed E-state index contributed by atoms with van der Waals surface area (Å²) in [5, 5.41) is 6.89. The molecule has 0 saturated heterocycles. The quantitative estimate of drug-likeness (QED) is 0.755. The number of carbonyl (C=O) groups excluding carboxylic acids is 1. The van der Waals surface area contributed by atoms with Crippen molar-refractivity contribution >= 4 is 12.4 Å². The third kappa shape index (κ3) is 8.67. The highest BCUT2D eigenvalue weighted by molar-refractivity contribution is 5.92. The van der Waals surface area contributed by atoms with Crippen LogP contribution in [-0.2, 0) is 4.79 Å². The summed E-state index contributed by atoms with van der Waals surface area (Å²) in [5.74, 6) is -0.379. The molecule has 0 aromatic heterocycles. The van der Waals surface area contributed by atoms with Gasteiger partial charge < -0.3 is 10.8 Å². The van der Waals surface area contributed by atoms with Crippen molar-refractivity contribution < 1.29 is 14.7 Å². The zero-order valence-corrected chi connectivity index (χ0v) is 9.77. The minimum Gasteiger partial charge on any atom is -0.483 e. The number of hydrogen-bond donors (Lipinski definition) is 2. The van der Waals surface area contributed by atoms with E-state index in [9.17, 15) is 4.79 Å². The predicted octanol–water partition coefficient (Wildman–Crippen LogP) is 2.17. The normalized spacial score (nSPS) is 7.78. The fourth-order valence-electron chi connectivity index (χ4n) is 0.987. The lowest BCUT2D eigenvalue weighted by Crippen LogP contribution is -2.09. The Balaban J connectivity index is 0.000000278. The summed E-state index contributed by atoms with van der Waals surface area (Å²) in [6.45, 7) is -0.250. The Morgan fingerprint density at radius 1 is 0.889 bits per heavy atom. The van der Waals surface area contributed by atoms with Crippen LogP contribution in [0.15, 0.2) is 66.7 Å². The van der Waals surface area contributed by atoms with Crippen molar-refractivity contribution in [3.05, 3.63) is 72.3 Å². The van der Waals surface area contributed by atoms with Crippen LogP contribution in [0.2, 0.25) is 0 Å². The average molecular weight is 245 g/mol. The first-order valence-corrected chi connectivity index (χ1v) is 5.15. The van der Waals surface area contributed by atoms with Crippen LogP contribution in [0.5, 0.6) is 0 Å². The summed E-state index contributed by atoms with van der Waals surface area (Å²) in [6.07, 6.45) is 0. The van der Waals surface area contributed by atoms with Crippen LogP contribution in [0.1, 0.15) is 10.4 Å². The van der Waals surface area contributed by atoms with Crippen LogP contribution in [0.25, 0.3) is 0 Å². The second kappa shape index (κ2) is 10.9. The van der Waals surface area contributed by atoms with Gasteiger partial charge in [-0.25, -0.2) is 0 Å². The van der Waals surface area contributed by atoms with Gasteiger partial charge in [-0.3, -0.25) is 9.59 Å². The highest BCUT2D eigenvalue weighted by Gasteiger charge is 1.93. The molecule has 0 radical (unpaired) electrons. The van der Waals surface area contributed by atoms with Crippen molar-refractivity contribution in [1.29, 1.82) is 0 Å².